The zero-order valence-corrected chi connectivity index (χ0v) is 13.7. The molecule has 0 aliphatic heterocycles. The average molecular weight is 339 g/mol. The summed E-state index contributed by atoms with van der Waals surface area (Å²) in [5, 5.41) is 5.65. The van der Waals surface area contributed by atoms with Gasteiger partial charge in [-0.3, -0.25) is 0 Å². The van der Waals surface area contributed by atoms with Gasteiger partial charge in [-0.1, -0.05) is 6.07 Å². The molecule has 3 nitrogen and oxygen atoms in total. The van der Waals surface area contributed by atoms with E-state index in [4.69, 9.17) is 4.74 Å². The second-order valence-corrected chi connectivity index (χ2v) is 6.49. The van der Waals surface area contributed by atoms with Crippen LogP contribution in [0.5, 0.6) is 11.5 Å². The number of benzene rings is 1. The summed E-state index contributed by atoms with van der Waals surface area (Å²) in [5.41, 5.74) is 2.27. The van der Waals surface area contributed by atoms with E-state index in [1.54, 1.807) is 23.5 Å². The zero-order chi connectivity index (χ0) is 16.2. The van der Waals surface area contributed by atoms with Crippen molar-refractivity contribution in [2.24, 2.45) is 0 Å². The molecule has 0 radical (unpaired) electrons. The Morgan fingerprint density at radius 1 is 1.30 bits per heavy atom. The summed E-state index contributed by atoms with van der Waals surface area (Å²) in [4.78, 5) is 1.45. The Kier molecular flexibility index (Phi) is 5.13. The van der Waals surface area contributed by atoms with Crippen LogP contribution in [0.1, 0.15) is 34.9 Å². The Balaban J connectivity index is 1.69. The summed E-state index contributed by atoms with van der Waals surface area (Å²) in [6.45, 7) is -2.26. The van der Waals surface area contributed by atoms with Crippen LogP contribution in [0.2, 0.25) is 0 Å². The summed E-state index contributed by atoms with van der Waals surface area (Å²) in [6.07, 6.45) is 3.42. The van der Waals surface area contributed by atoms with Crippen LogP contribution in [0.15, 0.2) is 29.6 Å². The molecule has 1 unspecified atom stereocenters. The highest BCUT2D eigenvalue weighted by atomic mass is 32.1. The zero-order valence-electron chi connectivity index (χ0n) is 12.9. The van der Waals surface area contributed by atoms with Gasteiger partial charge in [0.15, 0.2) is 11.5 Å². The second kappa shape index (κ2) is 7.27. The molecule has 1 aromatic heterocycles. The second-order valence-electron chi connectivity index (χ2n) is 5.49. The lowest BCUT2D eigenvalue weighted by molar-refractivity contribution is -0.0512. The van der Waals surface area contributed by atoms with E-state index in [2.05, 4.69) is 21.5 Å². The molecule has 23 heavy (non-hydrogen) atoms. The Morgan fingerprint density at radius 3 is 2.96 bits per heavy atom. The Hall–Kier alpha value is -1.66. The molecule has 2 aromatic rings. The first kappa shape index (κ1) is 16.2. The SMILES string of the molecule is COc1ccc(CNC2CCCc3sccc32)cc1OC(F)F. The van der Waals surface area contributed by atoms with E-state index < -0.39 is 6.61 Å². The first-order valence-corrected chi connectivity index (χ1v) is 8.46. The molecule has 0 saturated carbocycles. The molecule has 1 aliphatic rings. The highest BCUT2D eigenvalue weighted by Crippen LogP contribution is 2.34. The van der Waals surface area contributed by atoms with Crippen molar-refractivity contribution in [3.05, 3.63) is 45.6 Å². The van der Waals surface area contributed by atoms with Crippen molar-refractivity contribution in [1.82, 2.24) is 5.32 Å². The quantitative estimate of drug-likeness (QED) is 0.839. The fourth-order valence-corrected chi connectivity index (χ4v) is 3.95. The number of nitrogens with one attached hydrogen (secondary N) is 1. The predicted molar refractivity (Wildman–Crippen MR) is 86.5 cm³/mol. The number of hydrogen-bond donors (Lipinski definition) is 1. The van der Waals surface area contributed by atoms with Crippen LogP contribution < -0.4 is 14.8 Å². The van der Waals surface area contributed by atoms with Crippen molar-refractivity contribution >= 4 is 11.3 Å². The third-order valence-corrected chi connectivity index (χ3v) is 5.05. The van der Waals surface area contributed by atoms with Crippen LogP contribution in [0.3, 0.4) is 0 Å². The number of hydrogen-bond acceptors (Lipinski definition) is 4. The van der Waals surface area contributed by atoms with E-state index in [1.165, 1.54) is 24.0 Å². The number of thiophene rings is 1. The molecule has 1 aromatic carbocycles. The highest BCUT2D eigenvalue weighted by molar-refractivity contribution is 7.10. The van der Waals surface area contributed by atoms with Crippen molar-refractivity contribution in [1.29, 1.82) is 0 Å². The van der Waals surface area contributed by atoms with Crippen LogP contribution >= 0.6 is 11.3 Å². The van der Waals surface area contributed by atoms with Crippen molar-refractivity contribution in [2.75, 3.05) is 7.11 Å². The number of rotatable bonds is 6. The fraction of sp³-hybridized carbons (Fsp3) is 0.412. The van der Waals surface area contributed by atoms with Gasteiger partial charge in [0, 0.05) is 17.5 Å². The van der Waals surface area contributed by atoms with Gasteiger partial charge in [0.05, 0.1) is 7.11 Å². The average Bonchev–Trinajstić information content (AvgIpc) is 3.01. The molecular weight excluding hydrogens is 320 g/mol. The van der Waals surface area contributed by atoms with Crippen molar-refractivity contribution in [3.63, 3.8) is 0 Å². The lowest BCUT2D eigenvalue weighted by Gasteiger charge is -2.24. The topological polar surface area (TPSA) is 30.5 Å². The third-order valence-electron chi connectivity index (χ3n) is 4.05. The maximum absolute atomic E-state index is 12.5. The molecule has 0 amide bonds. The molecule has 6 heteroatoms. The lowest BCUT2D eigenvalue weighted by Crippen LogP contribution is -2.23. The fourth-order valence-electron chi connectivity index (χ4n) is 2.96. The Labute approximate surface area is 138 Å². The number of alkyl halides is 2. The minimum Gasteiger partial charge on any atom is -0.493 e. The van der Waals surface area contributed by atoms with Gasteiger partial charge in [0.1, 0.15) is 0 Å². The smallest absolute Gasteiger partial charge is 0.387 e. The summed E-state index contributed by atoms with van der Waals surface area (Å²) < 4.78 is 34.5. The molecular formula is C17H19F2NO2S. The van der Waals surface area contributed by atoms with E-state index in [0.717, 1.165) is 18.4 Å². The van der Waals surface area contributed by atoms with Crippen molar-refractivity contribution < 1.29 is 18.3 Å². The standard InChI is InChI=1S/C17H19F2NO2S/c1-21-14-6-5-11(9-15(14)22-17(18)19)10-20-13-3-2-4-16-12(13)7-8-23-16/h5-9,13,17,20H,2-4,10H2,1H3. The van der Waals surface area contributed by atoms with Crippen molar-refractivity contribution in [3.8, 4) is 11.5 Å². The maximum Gasteiger partial charge on any atom is 0.387 e. The normalized spacial score (nSPS) is 17.1. The molecule has 1 heterocycles. The van der Waals surface area contributed by atoms with Crippen LogP contribution in [-0.4, -0.2) is 13.7 Å². The molecule has 1 N–H and O–H groups in total. The third kappa shape index (κ3) is 3.82. The van der Waals surface area contributed by atoms with Crippen LogP contribution in [-0.2, 0) is 13.0 Å². The van der Waals surface area contributed by atoms with Gasteiger partial charge in [-0.15, -0.1) is 11.3 Å². The number of methoxy groups -OCH3 is 1. The first-order chi connectivity index (χ1) is 11.2. The van der Waals surface area contributed by atoms with Crippen molar-refractivity contribution in [2.45, 2.75) is 38.5 Å². The van der Waals surface area contributed by atoms with Gasteiger partial charge in [0.2, 0.25) is 0 Å². The maximum atomic E-state index is 12.5. The van der Waals surface area contributed by atoms with E-state index in [0.29, 0.717) is 18.3 Å². The van der Waals surface area contributed by atoms with Gasteiger partial charge in [0.25, 0.3) is 0 Å². The van der Waals surface area contributed by atoms with Gasteiger partial charge in [-0.2, -0.15) is 8.78 Å². The van der Waals surface area contributed by atoms with Gasteiger partial charge in [-0.25, -0.2) is 0 Å². The minimum absolute atomic E-state index is 0.0710. The molecule has 0 fully saturated rings. The number of halogens is 2. The molecule has 3 rings (SSSR count). The van der Waals surface area contributed by atoms with E-state index in [1.807, 2.05) is 6.07 Å². The summed E-state index contributed by atoms with van der Waals surface area (Å²) >= 11 is 1.81. The molecule has 124 valence electrons. The summed E-state index contributed by atoms with van der Waals surface area (Å²) in [7, 11) is 1.44. The summed E-state index contributed by atoms with van der Waals surface area (Å²) in [6, 6.07) is 7.63. The number of fused-ring (bicyclic) bond motifs is 1. The monoisotopic (exact) mass is 339 g/mol. The molecule has 0 spiro atoms. The lowest BCUT2D eigenvalue weighted by atomic mass is 9.94. The predicted octanol–water partition coefficient (Wildman–Crippen LogP) is 4.53. The Morgan fingerprint density at radius 2 is 2.17 bits per heavy atom. The van der Waals surface area contributed by atoms with Gasteiger partial charge >= 0.3 is 6.61 Å². The van der Waals surface area contributed by atoms with Crippen LogP contribution in [0.4, 0.5) is 8.78 Å². The largest absolute Gasteiger partial charge is 0.493 e. The summed E-state index contributed by atoms with van der Waals surface area (Å²) in [5.74, 6) is 0.383. The number of aryl methyl sites for hydroxylation is 1. The molecule has 0 bridgehead atoms. The Bertz CT molecular complexity index is 660. The highest BCUT2D eigenvalue weighted by Gasteiger charge is 2.20. The van der Waals surface area contributed by atoms with Gasteiger partial charge < -0.3 is 14.8 Å². The van der Waals surface area contributed by atoms with Crippen LogP contribution in [0, 0.1) is 0 Å². The van der Waals surface area contributed by atoms with E-state index >= 15 is 0 Å². The number of ether oxygens (including phenoxy) is 2. The van der Waals surface area contributed by atoms with E-state index in [-0.39, 0.29) is 5.75 Å². The van der Waals surface area contributed by atoms with Gasteiger partial charge in [-0.05, 0) is 54.0 Å². The molecule has 1 aliphatic carbocycles. The first-order valence-electron chi connectivity index (χ1n) is 7.58. The molecule has 0 saturated heterocycles. The minimum atomic E-state index is -2.86. The van der Waals surface area contributed by atoms with Crippen LogP contribution in [0.25, 0.3) is 0 Å². The molecule has 1 atom stereocenters. The van der Waals surface area contributed by atoms with E-state index in [9.17, 15) is 8.78 Å².